The summed E-state index contributed by atoms with van der Waals surface area (Å²) in [4.78, 5) is 11.1. The Morgan fingerprint density at radius 2 is 2.00 bits per heavy atom. The quantitative estimate of drug-likeness (QED) is 0.322. The number of esters is 1. The summed E-state index contributed by atoms with van der Waals surface area (Å²) in [5.41, 5.74) is 0. The number of hydrogen-bond acceptors (Lipinski definition) is 2. The van der Waals surface area contributed by atoms with E-state index in [1.807, 2.05) is 0 Å². The van der Waals surface area contributed by atoms with Crippen molar-refractivity contribution in [1.82, 2.24) is 0 Å². The van der Waals surface area contributed by atoms with Crippen LogP contribution >= 0.6 is 0 Å². The highest BCUT2D eigenvalue weighted by molar-refractivity contribution is 5.69. The fourth-order valence-corrected chi connectivity index (χ4v) is 1.20. The first-order valence-electron chi connectivity index (χ1n) is 5.57. The number of ether oxygens (including phenoxy) is 1. The summed E-state index contributed by atoms with van der Waals surface area (Å²) in [5.74, 6) is -0.0663. The van der Waals surface area contributed by atoms with Crippen molar-refractivity contribution in [2.45, 2.75) is 51.9 Å². The van der Waals surface area contributed by atoms with Crippen LogP contribution in [-0.2, 0) is 9.53 Å². The zero-order chi connectivity index (χ0) is 10.6. The Hall–Kier alpha value is -0.790. The van der Waals surface area contributed by atoms with E-state index in [0.717, 1.165) is 19.3 Å². The summed E-state index contributed by atoms with van der Waals surface area (Å²) >= 11 is 0. The molecule has 0 bridgehead atoms. The molecule has 0 aromatic carbocycles. The lowest BCUT2D eigenvalue weighted by Gasteiger charge is -2.02. The van der Waals surface area contributed by atoms with Crippen molar-refractivity contribution >= 4 is 5.97 Å². The second-order valence-corrected chi connectivity index (χ2v) is 3.46. The van der Waals surface area contributed by atoms with E-state index in [-0.39, 0.29) is 5.97 Å². The molecule has 0 aliphatic heterocycles. The van der Waals surface area contributed by atoms with Gasteiger partial charge in [0, 0.05) is 6.42 Å². The van der Waals surface area contributed by atoms with Crippen LogP contribution < -0.4 is 0 Å². The van der Waals surface area contributed by atoms with Crippen LogP contribution in [0.15, 0.2) is 12.7 Å². The van der Waals surface area contributed by atoms with Crippen molar-refractivity contribution in [2.24, 2.45) is 0 Å². The van der Waals surface area contributed by atoms with E-state index in [9.17, 15) is 4.79 Å². The molecule has 82 valence electrons. The minimum absolute atomic E-state index is 0.0663. The zero-order valence-electron chi connectivity index (χ0n) is 9.26. The highest BCUT2D eigenvalue weighted by Crippen LogP contribution is 2.05. The Labute approximate surface area is 87.3 Å². The molecule has 0 unspecified atom stereocenters. The van der Waals surface area contributed by atoms with Crippen molar-refractivity contribution in [2.75, 3.05) is 6.61 Å². The molecule has 0 aromatic heterocycles. The molecule has 0 N–H and O–H groups in total. The van der Waals surface area contributed by atoms with Crippen LogP contribution in [-0.4, -0.2) is 12.6 Å². The van der Waals surface area contributed by atoms with Crippen molar-refractivity contribution in [3.05, 3.63) is 12.7 Å². The molecule has 0 aliphatic carbocycles. The maximum Gasteiger partial charge on any atom is 0.305 e. The Bertz CT molecular complexity index is 152. The number of rotatable bonds is 9. The second kappa shape index (κ2) is 10.3. The smallest absolute Gasteiger partial charge is 0.305 e. The Balaban J connectivity index is 3.14. The normalized spacial score (nSPS) is 9.79. The van der Waals surface area contributed by atoms with E-state index in [1.54, 1.807) is 6.08 Å². The van der Waals surface area contributed by atoms with Gasteiger partial charge in [0.05, 0.1) is 6.61 Å². The summed E-state index contributed by atoms with van der Waals surface area (Å²) in [6.45, 7) is 6.23. The molecule has 0 saturated heterocycles. The zero-order valence-corrected chi connectivity index (χ0v) is 9.26. The largest absolute Gasteiger partial charge is 0.465 e. The van der Waals surface area contributed by atoms with E-state index in [0.29, 0.717) is 13.0 Å². The van der Waals surface area contributed by atoms with Gasteiger partial charge in [0.25, 0.3) is 0 Å². The van der Waals surface area contributed by atoms with Crippen molar-refractivity contribution in [3.63, 3.8) is 0 Å². The summed E-state index contributed by atoms with van der Waals surface area (Å²) < 4.78 is 4.98. The molecule has 2 heteroatoms. The third-order valence-corrected chi connectivity index (χ3v) is 2.07. The van der Waals surface area contributed by atoms with Gasteiger partial charge >= 0.3 is 5.97 Å². The Morgan fingerprint density at radius 1 is 1.29 bits per heavy atom. The van der Waals surface area contributed by atoms with Crippen LogP contribution in [0.25, 0.3) is 0 Å². The fraction of sp³-hybridized carbons (Fsp3) is 0.750. The first kappa shape index (κ1) is 13.2. The van der Waals surface area contributed by atoms with Gasteiger partial charge in [0.1, 0.15) is 0 Å². The summed E-state index contributed by atoms with van der Waals surface area (Å²) in [5, 5.41) is 0. The monoisotopic (exact) mass is 198 g/mol. The van der Waals surface area contributed by atoms with Crippen LogP contribution in [0.3, 0.4) is 0 Å². The molecule has 0 fully saturated rings. The third kappa shape index (κ3) is 9.30. The fourth-order valence-electron chi connectivity index (χ4n) is 1.20. The van der Waals surface area contributed by atoms with Gasteiger partial charge < -0.3 is 4.74 Å². The van der Waals surface area contributed by atoms with Gasteiger partial charge in [-0.05, 0) is 12.8 Å². The average molecular weight is 198 g/mol. The van der Waals surface area contributed by atoms with Gasteiger partial charge in [-0.1, -0.05) is 38.7 Å². The topological polar surface area (TPSA) is 26.3 Å². The van der Waals surface area contributed by atoms with Crippen LogP contribution in [0, 0.1) is 0 Å². The molecule has 0 spiro atoms. The Morgan fingerprint density at radius 3 is 2.64 bits per heavy atom. The molecule has 0 saturated carbocycles. The lowest BCUT2D eigenvalue weighted by Crippen LogP contribution is -2.04. The van der Waals surface area contributed by atoms with Crippen LogP contribution in [0.4, 0.5) is 0 Å². The third-order valence-electron chi connectivity index (χ3n) is 2.07. The highest BCUT2D eigenvalue weighted by atomic mass is 16.5. The maximum absolute atomic E-state index is 11.1. The maximum atomic E-state index is 11.1. The van der Waals surface area contributed by atoms with Gasteiger partial charge in [0.2, 0.25) is 0 Å². The molecule has 0 aromatic rings. The van der Waals surface area contributed by atoms with Crippen LogP contribution in [0.5, 0.6) is 0 Å². The first-order valence-corrected chi connectivity index (χ1v) is 5.57. The van der Waals surface area contributed by atoms with Gasteiger partial charge in [-0.15, -0.1) is 6.58 Å². The van der Waals surface area contributed by atoms with Gasteiger partial charge in [-0.3, -0.25) is 4.79 Å². The standard InChI is InChI=1S/C12H22O2/c1-3-5-7-8-9-10-12(13)14-11-6-4-2/h4H,2-3,5-11H2,1H3. The van der Waals surface area contributed by atoms with E-state index < -0.39 is 0 Å². The molecule has 0 aliphatic rings. The SMILES string of the molecule is C=CCCOC(=O)CCCCCCC. The molecule has 0 rings (SSSR count). The van der Waals surface area contributed by atoms with E-state index in [4.69, 9.17) is 4.74 Å². The molecule has 0 heterocycles. The lowest BCUT2D eigenvalue weighted by atomic mass is 10.1. The minimum atomic E-state index is -0.0663. The number of unbranched alkanes of at least 4 members (excludes halogenated alkanes) is 4. The summed E-state index contributed by atoms with van der Waals surface area (Å²) in [6, 6.07) is 0. The molecule has 0 radical (unpaired) electrons. The number of carbonyl (C=O) groups is 1. The molecule has 2 nitrogen and oxygen atoms in total. The molecule has 0 atom stereocenters. The van der Waals surface area contributed by atoms with E-state index in [1.165, 1.54) is 19.3 Å². The molecular weight excluding hydrogens is 176 g/mol. The number of hydrogen-bond donors (Lipinski definition) is 0. The van der Waals surface area contributed by atoms with Crippen molar-refractivity contribution < 1.29 is 9.53 Å². The molecule has 0 amide bonds. The van der Waals surface area contributed by atoms with Gasteiger partial charge in [-0.2, -0.15) is 0 Å². The highest BCUT2D eigenvalue weighted by Gasteiger charge is 2.00. The average Bonchev–Trinajstić information content (AvgIpc) is 2.18. The van der Waals surface area contributed by atoms with Crippen molar-refractivity contribution in [1.29, 1.82) is 0 Å². The second-order valence-electron chi connectivity index (χ2n) is 3.46. The lowest BCUT2D eigenvalue weighted by molar-refractivity contribution is -0.143. The van der Waals surface area contributed by atoms with Gasteiger partial charge in [0.15, 0.2) is 0 Å². The van der Waals surface area contributed by atoms with Crippen LogP contribution in [0.1, 0.15) is 51.9 Å². The Kier molecular flexibility index (Phi) is 9.71. The summed E-state index contributed by atoms with van der Waals surface area (Å²) in [6.07, 6.45) is 8.93. The summed E-state index contributed by atoms with van der Waals surface area (Å²) in [7, 11) is 0. The van der Waals surface area contributed by atoms with Crippen molar-refractivity contribution in [3.8, 4) is 0 Å². The first-order chi connectivity index (χ1) is 6.81. The predicted octanol–water partition coefficient (Wildman–Crippen LogP) is 3.47. The van der Waals surface area contributed by atoms with E-state index >= 15 is 0 Å². The van der Waals surface area contributed by atoms with Gasteiger partial charge in [-0.25, -0.2) is 0 Å². The molecule has 14 heavy (non-hydrogen) atoms. The van der Waals surface area contributed by atoms with E-state index in [2.05, 4.69) is 13.5 Å². The predicted molar refractivity (Wildman–Crippen MR) is 59.1 cm³/mol. The molecular formula is C12H22O2. The van der Waals surface area contributed by atoms with Crippen LogP contribution in [0.2, 0.25) is 0 Å². The number of carbonyl (C=O) groups excluding carboxylic acids is 1. The minimum Gasteiger partial charge on any atom is -0.465 e.